The third-order valence-corrected chi connectivity index (χ3v) is 6.46. The highest BCUT2D eigenvalue weighted by Gasteiger charge is 2.29. The maximum Gasteiger partial charge on any atom is 0.257 e. The normalized spacial score (nSPS) is 20.9. The summed E-state index contributed by atoms with van der Waals surface area (Å²) in [5, 5.41) is 2.84. The minimum Gasteiger partial charge on any atom is -0.497 e. The number of hydrogen-bond donors (Lipinski definition) is 1. The van der Waals surface area contributed by atoms with Crippen LogP contribution in [0, 0.1) is 5.92 Å². The molecule has 1 aliphatic heterocycles. The summed E-state index contributed by atoms with van der Waals surface area (Å²) in [5.74, 6) is 0.408. The summed E-state index contributed by atoms with van der Waals surface area (Å²) < 4.78 is 16.9. The van der Waals surface area contributed by atoms with E-state index in [0.29, 0.717) is 41.4 Å². The number of fused-ring (bicyclic) bond motifs is 1. The molecule has 9 nitrogen and oxygen atoms in total. The highest BCUT2D eigenvalue weighted by Crippen LogP contribution is 2.27. The molecule has 2 aromatic carbocycles. The number of likely N-dealkylation sites (N-methyl/N-ethyl adjacent to an activating group) is 1. The highest BCUT2D eigenvalue weighted by molar-refractivity contribution is 6.05. The number of carbonyl (C=O) groups is 3. The fraction of sp³-hybridized carbons (Fsp3) is 0.444. The molecule has 0 aliphatic carbocycles. The van der Waals surface area contributed by atoms with Gasteiger partial charge in [0.2, 0.25) is 5.91 Å². The predicted octanol–water partition coefficient (Wildman–Crippen LogP) is 3.30. The molecule has 0 unspecified atom stereocenters. The van der Waals surface area contributed by atoms with Crippen LogP contribution in [0.2, 0.25) is 0 Å². The molecule has 36 heavy (non-hydrogen) atoms. The zero-order valence-electron chi connectivity index (χ0n) is 21.7. The van der Waals surface area contributed by atoms with Gasteiger partial charge in [0.05, 0.1) is 24.8 Å². The molecule has 1 aliphatic rings. The summed E-state index contributed by atoms with van der Waals surface area (Å²) in [5.41, 5.74) is 1.23. The van der Waals surface area contributed by atoms with Crippen LogP contribution in [0.4, 0.5) is 5.69 Å². The molecule has 0 spiro atoms. The first kappa shape index (κ1) is 27.0. The Balaban J connectivity index is 1.92. The van der Waals surface area contributed by atoms with E-state index in [1.54, 1.807) is 73.5 Å². The van der Waals surface area contributed by atoms with Gasteiger partial charge in [-0.05, 0) is 49.4 Å². The smallest absolute Gasteiger partial charge is 0.257 e. The number of hydrogen-bond acceptors (Lipinski definition) is 6. The third-order valence-electron chi connectivity index (χ3n) is 6.46. The number of ether oxygens (including phenoxy) is 3. The Bertz CT molecular complexity index is 1090. The maximum atomic E-state index is 13.5. The van der Waals surface area contributed by atoms with Gasteiger partial charge in [-0.1, -0.05) is 6.92 Å². The number of amides is 3. The largest absolute Gasteiger partial charge is 0.497 e. The Morgan fingerprint density at radius 1 is 1.06 bits per heavy atom. The van der Waals surface area contributed by atoms with Gasteiger partial charge in [-0.3, -0.25) is 14.4 Å². The molecule has 3 rings (SSSR count). The van der Waals surface area contributed by atoms with E-state index in [1.165, 1.54) is 6.92 Å². The second kappa shape index (κ2) is 11.9. The lowest BCUT2D eigenvalue weighted by Crippen LogP contribution is -2.48. The van der Waals surface area contributed by atoms with Crippen molar-refractivity contribution in [2.45, 2.75) is 32.9 Å². The molecule has 0 fully saturated rings. The van der Waals surface area contributed by atoms with Gasteiger partial charge in [0.25, 0.3) is 11.8 Å². The van der Waals surface area contributed by atoms with Crippen LogP contribution < -0.4 is 14.8 Å². The van der Waals surface area contributed by atoms with E-state index in [2.05, 4.69) is 5.32 Å². The number of rotatable bonds is 4. The number of nitrogens with one attached hydrogen (secondary N) is 1. The first-order chi connectivity index (χ1) is 17.1. The molecule has 0 aromatic heterocycles. The van der Waals surface area contributed by atoms with Crippen LogP contribution in [0.15, 0.2) is 42.5 Å². The van der Waals surface area contributed by atoms with E-state index >= 15 is 0 Å². The lowest BCUT2D eigenvalue weighted by atomic mass is 10.0. The van der Waals surface area contributed by atoms with E-state index in [4.69, 9.17) is 14.2 Å². The molecular formula is C27H35N3O6. The van der Waals surface area contributed by atoms with Gasteiger partial charge in [0, 0.05) is 51.3 Å². The average Bonchev–Trinajstić information content (AvgIpc) is 2.87. The molecule has 0 saturated heterocycles. The molecule has 1 N–H and O–H groups in total. The maximum absolute atomic E-state index is 13.5. The van der Waals surface area contributed by atoms with Crippen LogP contribution in [0.1, 0.15) is 41.5 Å². The predicted molar refractivity (Wildman–Crippen MR) is 137 cm³/mol. The number of carbonyl (C=O) groups excluding carboxylic acids is 3. The van der Waals surface area contributed by atoms with Gasteiger partial charge in [0.1, 0.15) is 18.1 Å². The molecular weight excluding hydrogens is 462 g/mol. The number of methoxy groups -OCH3 is 2. The van der Waals surface area contributed by atoms with Crippen molar-refractivity contribution in [3.8, 4) is 11.5 Å². The topological polar surface area (TPSA) is 97.4 Å². The van der Waals surface area contributed by atoms with Gasteiger partial charge in [0.15, 0.2) is 0 Å². The minimum atomic E-state index is -0.313. The van der Waals surface area contributed by atoms with E-state index in [1.807, 2.05) is 13.8 Å². The Hall–Kier alpha value is -3.59. The van der Waals surface area contributed by atoms with Crippen LogP contribution in [-0.4, -0.2) is 80.6 Å². The van der Waals surface area contributed by atoms with Crippen molar-refractivity contribution in [2.24, 2.45) is 5.92 Å². The average molecular weight is 498 g/mol. The summed E-state index contributed by atoms with van der Waals surface area (Å²) in [6, 6.07) is 11.5. The Kier molecular flexibility index (Phi) is 8.93. The van der Waals surface area contributed by atoms with Crippen LogP contribution >= 0.6 is 0 Å². The van der Waals surface area contributed by atoms with Crippen LogP contribution in [0.5, 0.6) is 11.5 Å². The number of nitrogens with zero attached hydrogens (tertiary/aromatic N) is 2. The molecule has 0 saturated carbocycles. The number of benzene rings is 2. The monoisotopic (exact) mass is 497 g/mol. The van der Waals surface area contributed by atoms with Crippen molar-refractivity contribution in [1.29, 1.82) is 0 Å². The summed E-state index contributed by atoms with van der Waals surface area (Å²) in [4.78, 5) is 41.9. The van der Waals surface area contributed by atoms with Crippen molar-refractivity contribution in [3.63, 3.8) is 0 Å². The van der Waals surface area contributed by atoms with Crippen LogP contribution in [0.3, 0.4) is 0 Å². The first-order valence-corrected chi connectivity index (χ1v) is 11.9. The number of anilines is 1. The van der Waals surface area contributed by atoms with Crippen LogP contribution in [0.25, 0.3) is 0 Å². The molecule has 194 valence electrons. The first-order valence-electron chi connectivity index (χ1n) is 11.9. The van der Waals surface area contributed by atoms with Crippen molar-refractivity contribution in [3.05, 3.63) is 53.6 Å². The molecule has 1 heterocycles. The Morgan fingerprint density at radius 2 is 1.75 bits per heavy atom. The molecule has 3 amide bonds. The second-order valence-corrected chi connectivity index (χ2v) is 9.16. The highest BCUT2D eigenvalue weighted by atomic mass is 16.5. The fourth-order valence-corrected chi connectivity index (χ4v) is 4.24. The zero-order valence-corrected chi connectivity index (χ0v) is 21.7. The quantitative estimate of drug-likeness (QED) is 0.696. The molecule has 2 aromatic rings. The van der Waals surface area contributed by atoms with Gasteiger partial charge in [-0.25, -0.2) is 0 Å². The van der Waals surface area contributed by atoms with Gasteiger partial charge >= 0.3 is 0 Å². The minimum absolute atomic E-state index is 0.00869. The van der Waals surface area contributed by atoms with E-state index in [9.17, 15) is 14.4 Å². The SMILES string of the molecule is COc1ccc(C(=O)Nc2ccc3c(c2)C(=O)N(C)C[C@@H](OC)[C@@H](C)CN(C(C)=O)[C@H](C)CO3)cc1. The zero-order chi connectivity index (χ0) is 26.4. The van der Waals surface area contributed by atoms with Gasteiger partial charge in [-0.2, -0.15) is 0 Å². The summed E-state index contributed by atoms with van der Waals surface area (Å²) >= 11 is 0. The van der Waals surface area contributed by atoms with E-state index in [0.717, 1.165) is 0 Å². The standard InChI is InChI=1S/C27H35N3O6/c1-17-14-30(19(3)31)18(2)16-36-24-12-9-21(13-23(24)27(33)29(4)15-25(17)35-6)28-26(32)20-7-10-22(34-5)11-8-20/h7-13,17-18,25H,14-16H2,1-6H3,(H,28,32)/t17-,18+,25+/m0/s1. The summed E-state index contributed by atoms with van der Waals surface area (Å²) in [6.45, 7) is 6.49. The summed E-state index contributed by atoms with van der Waals surface area (Å²) in [7, 11) is 4.87. The Morgan fingerprint density at radius 3 is 2.36 bits per heavy atom. The van der Waals surface area contributed by atoms with Crippen molar-refractivity contribution < 1.29 is 28.6 Å². The lowest BCUT2D eigenvalue weighted by Gasteiger charge is -2.35. The molecule has 3 atom stereocenters. The second-order valence-electron chi connectivity index (χ2n) is 9.16. The summed E-state index contributed by atoms with van der Waals surface area (Å²) in [6.07, 6.45) is -0.269. The Labute approximate surface area is 212 Å². The van der Waals surface area contributed by atoms with Gasteiger partial charge in [-0.15, -0.1) is 0 Å². The van der Waals surface area contributed by atoms with Crippen molar-refractivity contribution in [1.82, 2.24) is 9.80 Å². The molecule has 0 radical (unpaired) electrons. The fourth-order valence-electron chi connectivity index (χ4n) is 4.24. The third kappa shape index (κ3) is 6.34. The van der Waals surface area contributed by atoms with E-state index in [-0.39, 0.29) is 42.4 Å². The molecule has 0 bridgehead atoms. The van der Waals surface area contributed by atoms with Crippen molar-refractivity contribution in [2.75, 3.05) is 46.3 Å². The van der Waals surface area contributed by atoms with Crippen molar-refractivity contribution >= 4 is 23.4 Å². The molecule has 9 heteroatoms. The van der Waals surface area contributed by atoms with E-state index < -0.39 is 0 Å². The van der Waals surface area contributed by atoms with Crippen LogP contribution in [-0.2, 0) is 9.53 Å². The van der Waals surface area contributed by atoms with Gasteiger partial charge < -0.3 is 29.3 Å². The lowest BCUT2D eigenvalue weighted by molar-refractivity contribution is -0.133.